The summed E-state index contributed by atoms with van der Waals surface area (Å²) in [5.41, 5.74) is 1.16. The van der Waals surface area contributed by atoms with Gasteiger partial charge in [0.25, 0.3) is 0 Å². The van der Waals surface area contributed by atoms with Crippen LogP contribution in [0.4, 0.5) is 0 Å². The van der Waals surface area contributed by atoms with Crippen LogP contribution in [0, 0.1) is 5.92 Å². The lowest BCUT2D eigenvalue weighted by molar-refractivity contribution is -0.125. The second kappa shape index (κ2) is 6.76. The van der Waals surface area contributed by atoms with Gasteiger partial charge in [-0.05, 0) is 50.3 Å². The van der Waals surface area contributed by atoms with E-state index in [1.165, 1.54) is 0 Å². The molecule has 0 spiro atoms. The molecule has 0 bridgehead atoms. The SMILES string of the molecule is CC(Cc1cccc(Cl)c1)NC(=O)C1CC=CCC1. The maximum Gasteiger partial charge on any atom is 0.223 e. The van der Waals surface area contributed by atoms with Crippen LogP contribution in [0.1, 0.15) is 31.7 Å². The van der Waals surface area contributed by atoms with Crippen molar-refractivity contribution in [2.24, 2.45) is 5.92 Å². The fraction of sp³-hybridized carbons (Fsp3) is 0.438. The van der Waals surface area contributed by atoms with Crippen LogP contribution in [-0.2, 0) is 11.2 Å². The first-order chi connectivity index (χ1) is 9.15. The molecule has 2 unspecified atom stereocenters. The van der Waals surface area contributed by atoms with Gasteiger partial charge in [0.2, 0.25) is 5.91 Å². The lowest BCUT2D eigenvalue weighted by atomic mass is 9.93. The van der Waals surface area contributed by atoms with Gasteiger partial charge in [-0.2, -0.15) is 0 Å². The Kier molecular flexibility index (Phi) is 5.03. The zero-order chi connectivity index (χ0) is 13.7. The van der Waals surface area contributed by atoms with Crippen molar-refractivity contribution in [1.82, 2.24) is 5.32 Å². The normalized spacial score (nSPS) is 20.0. The van der Waals surface area contributed by atoms with E-state index in [1.54, 1.807) is 0 Å². The molecule has 0 fully saturated rings. The highest BCUT2D eigenvalue weighted by atomic mass is 35.5. The Hall–Kier alpha value is -1.28. The second-order valence-corrected chi connectivity index (χ2v) is 5.66. The number of amides is 1. The summed E-state index contributed by atoms with van der Waals surface area (Å²) in [6.45, 7) is 2.04. The van der Waals surface area contributed by atoms with E-state index in [0.717, 1.165) is 36.3 Å². The quantitative estimate of drug-likeness (QED) is 0.835. The minimum Gasteiger partial charge on any atom is -0.353 e. The van der Waals surface area contributed by atoms with Gasteiger partial charge in [-0.3, -0.25) is 4.79 Å². The molecule has 0 aromatic heterocycles. The van der Waals surface area contributed by atoms with Crippen molar-refractivity contribution in [3.8, 4) is 0 Å². The van der Waals surface area contributed by atoms with E-state index in [-0.39, 0.29) is 17.9 Å². The minimum absolute atomic E-state index is 0.136. The zero-order valence-electron chi connectivity index (χ0n) is 11.2. The minimum atomic E-state index is 0.136. The number of nitrogens with one attached hydrogen (secondary N) is 1. The number of carbonyl (C=O) groups excluding carboxylic acids is 1. The van der Waals surface area contributed by atoms with Crippen molar-refractivity contribution >= 4 is 17.5 Å². The van der Waals surface area contributed by atoms with Crippen LogP contribution in [0.25, 0.3) is 0 Å². The fourth-order valence-electron chi connectivity index (χ4n) is 2.46. The number of carbonyl (C=O) groups is 1. The first-order valence-corrected chi connectivity index (χ1v) is 7.23. The van der Waals surface area contributed by atoms with Crippen molar-refractivity contribution in [3.05, 3.63) is 47.0 Å². The van der Waals surface area contributed by atoms with Gasteiger partial charge in [0, 0.05) is 17.0 Å². The predicted octanol–water partition coefficient (Wildman–Crippen LogP) is 3.74. The molecule has 1 aromatic carbocycles. The van der Waals surface area contributed by atoms with Gasteiger partial charge < -0.3 is 5.32 Å². The molecular weight excluding hydrogens is 258 g/mol. The van der Waals surface area contributed by atoms with Crippen LogP contribution in [-0.4, -0.2) is 11.9 Å². The number of rotatable bonds is 4. The summed E-state index contributed by atoms with van der Waals surface area (Å²) >= 11 is 5.96. The molecule has 102 valence electrons. The highest BCUT2D eigenvalue weighted by Gasteiger charge is 2.20. The molecule has 0 saturated carbocycles. The van der Waals surface area contributed by atoms with Crippen LogP contribution < -0.4 is 5.32 Å². The van der Waals surface area contributed by atoms with E-state index in [9.17, 15) is 4.79 Å². The fourth-order valence-corrected chi connectivity index (χ4v) is 2.67. The highest BCUT2D eigenvalue weighted by Crippen LogP contribution is 2.18. The summed E-state index contributed by atoms with van der Waals surface area (Å²) in [4.78, 5) is 12.1. The molecule has 0 heterocycles. The average molecular weight is 278 g/mol. The van der Waals surface area contributed by atoms with Crippen molar-refractivity contribution < 1.29 is 4.79 Å². The summed E-state index contributed by atoms with van der Waals surface area (Å²) in [6.07, 6.45) is 7.92. The Balaban J connectivity index is 1.85. The molecule has 2 nitrogen and oxygen atoms in total. The average Bonchev–Trinajstić information content (AvgIpc) is 2.39. The van der Waals surface area contributed by atoms with E-state index in [4.69, 9.17) is 11.6 Å². The zero-order valence-corrected chi connectivity index (χ0v) is 12.0. The number of allylic oxidation sites excluding steroid dienone is 2. The summed E-state index contributed by atoms with van der Waals surface area (Å²) in [5, 5.41) is 3.85. The van der Waals surface area contributed by atoms with E-state index in [1.807, 2.05) is 31.2 Å². The van der Waals surface area contributed by atoms with Crippen molar-refractivity contribution in [3.63, 3.8) is 0 Å². The molecular formula is C16H20ClNO. The Labute approximate surface area is 119 Å². The van der Waals surface area contributed by atoms with Gasteiger partial charge >= 0.3 is 0 Å². The Morgan fingerprint density at radius 2 is 2.32 bits per heavy atom. The summed E-state index contributed by atoms with van der Waals surface area (Å²) in [7, 11) is 0. The molecule has 3 heteroatoms. The van der Waals surface area contributed by atoms with Gasteiger partial charge in [-0.25, -0.2) is 0 Å². The first-order valence-electron chi connectivity index (χ1n) is 6.85. The summed E-state index contributed by atoms with van der Waals surface area (Å²) in [5.74, 6) is 0.325. The van der Waals surface area contributed by atoms with Gasteiger partial charge in [0.15, 0.2) is 0 Å². The third-order valence-electron chi connectivity index (χ3n) is 3.46. The number of halogens is 1. The van der Waals surface area contributed by atoms with Crippen LogP contribution in [0.3, 0.4) is 0 Å². The summed E-state index contributed by atoms with van der Waals surface area (Å²) < 4.78 is 0. The molecule has 19 heavy (non-hydrogen) atoms. The van der Waals surface area contributed by atoms with Crippen molar-refractivity contribution in [2.45, 2.75) is 38.6 Å². The third-order valence-corrected chi connectivity index (χ3v) is 3.69. The van der Waals surface area contributed by atoms with Crippen molar-refractivity contribution in [2.75, 3.05) is 0 Å². The first kappa shape index (κ1) is 14.1. The third kappa shape index (κ3) is 4.39. The Bertz CT molecular complexity index is 470. The highest BCUT2D eigenvalue weighted by molar-refractivity contribution is 6.30. The lowest BCUT2D eigenvalue weighted by Crippen LogP contribution is -2.38. The topological polar surface area (TPSA) is 29.1 Å². The molecule has 0 radical (unpaired) electrons. The standard InChI is InChI=1S/C16H20ClNO/c1-12(10-13-6-5-9-15(17)11-13)18-16(19)14-7-3-2-4-8-14/h2-3,5-6,9,11-12,14H,4,7-8,10H2,1H3,(H,18,19). The van der Waals surface area contributed by atoms with Gasteiger partial charge in [0.1, 0.15) is 0 Å². The van der Waals surface area contributed by atoms with E-state index in [0.29, 0.717) is 0 Å². The van der Waals surface area contributed by atoms with Crippen LogP contribution in [0.15, 0.2) is 36.4 Å². The molecule has 1 aromatic rings. The van der Waals surface area contributed by atoms with Crippen LogP contribution >= 0.6 is 11.6 Å². The largest absolute Gasteiger partial charge is 0.353 e. The summed E-state index contributed by atoms with van der Waals surface area (Å²) in [6, 6.07) is 7.93. The van der Waals surface area contributed by atoms with Gasteiger partial charge in [0.05, 0.1) is 0 Å². The number of benzene rings is 1. The second-order valence-electron chi connectivity index (χ2n) is 5.23. The molecule has 0 saturated heterocycles. The van der Waals surface area contributed by atoms with Crippen molar-refractivity contribution in [1.29, 1.82) is 0 Å². The van der Waals surface area contributed by atoms with E-state index >= 15 is 0 Å². The monoisotopic (exact) mass is 277 g/mol. The number of hydrogen-bond acceptors (Lipinski definition) is 1. The van der Waals surface area contributed by atoms with Gasteiger partial charge in [-0.1, -0.05) is 35.9 Å². The molecule has 1 aliphatic carbocycles. The van der Waals surface area contributed by atoms with E-state index < -0.39 is 0 Å². The molecule has 2 rings (SSSR count). The molecule has 0 aliphatic heterocycles. The van der Waals surface area contributed by atoms with E-state index in [2.05, 4.69) is 17.5 Å². The van der Waals surface area contributed by atoms with Gasteiger partial charge in [-0.15, -0.1) is 0 Å². The smallest absolute Gasteiger partial charge is 0.223 e. The maximum absolute atomic E-state index is 12.1. The van der Waals surface area contributed by atoms with Crippen LogP contribution in [0.5, 0.6) is 0 Å². The lowest BCUT2D eigenvalue weighted by Gasteiger charge is -2.21. The predicted molar refractivity (Wildman–Crippen MR) is 79.2 cm³/mol. The molecule has 1 aliphatic rings. The molecule has 1 amide bonds. The Morgan fingerprint density at radius 3 is 3.00 bits per heavy atom. The molecule has 2 atom stereocenters. The number of hydrogen-bond donors (Lipinski definition) is 1. The Morgan fingerprint density at radius 1 is 1.47 bits per heavy atom. The maximum atomic E-state index is 12.1. The molecule has 1 N–H and O–H groups in total. The van der Waals surface area contributed by atoms with Crippen LogP contribution in [0.2, 0.25) is 5.02 Å².